The zero-order valence-electron chi connectivity index (χ0n) is 60.3. The van der Waals surface area contributed by atoms with Gasteiger partial charge in [0, 0.05) is 87.8 Å². The Labute approximate surface area is 643 Å². The summed E-state index contributed by atoms with van der Waals surface area (Å²) in [4.78, 5) is 30.3. The molecular weight excluding hydrogens is 1370 g/mol. The van der Waals surface area contributed by atoms with Crippen LogP contribution >= 0.6 is 0 Å². The molecule has 10 heteroatoms. The fourth-order valence-electron chi connectivity index (χ4n) is 15.9. The smallest absolute Gasteiger partial charge is 0.164 e. The Morgan fingerprint density at radius 2 is 0.420 bits per heavy atom. The Balaban J connectivity index is 0.000000141. The fraction of sp³-hybridized carbons (Fsp3) is 0. The molecule has 10 nitrogen and oxygen atoms in total. The fourth-order valence-corrected chi connectivity index (χ4v) is 15.9. The second kappa shape index (κ2) is 27.5. The summed E-state index contributed by atoms with van der Waals surface area (Å²) >= 11 is 0. The molecule has 0 bridgehead atoms. The summed E-state index contributed by atoms with van der Waals surface area (Å²) in [7, 11) is 0. The van der Waals surface area contributed by atoms with Crippen LogP contribution in [0.1, 0.15) is 0 Å². The van der Waals surface area contributed by atoms with Crippen molar-refractivity contribution >= 4 is 87.5 Å². The summed E-state index contributed by atoms with van der Waals surface area (Å²) in [6.07, 6.45) is 0. The van der Waals surface area contributed by atoms with E-state index >= 15 is 0 Å². The molecule has 0 N–H and O–H groups in total. The van der Waals surface area contributed by atoms with E-state index in [-0.39, 0.29) is 0 Å². The highest BCUT2D eigenvalue weighted by atomic mass is 16.3. The average Bonchev–Trinajstić information content (AvgIpc) is 1.59. The molecule has 0 spiro atoms. The number of rotatable bonds is 12. The van der Waals surface area contributed by atoms with Gasteiger partial charge in [-0.2, -0.15) is 0 Å². The van der Waals surface area contributed by atoms with E-state index in [1.807, 2.05) is 97.1 Å². The maximum absolute atomic E-state index is 6.25. The van der Waals surface area contributed by atoms with Crippen LogP contribution in [0, 0.1) is 0 Å². The number of benzene rings is 16. The van der Waals surface area contributed by atoms with Crippen molar-refractivity contribution in [2.45, 2.75) is 0 Å². The van der Waals surface area contributed by atoms with E-state index in [0.29, 0.717) is 34.9 Å². The van der Waals surface area contributed by atoms with Gasteiger partial charge in [0.2, 0.25) is 0 Å². The van der Waals surface area contributed by atoms with E-state index in [4.69, 9.17) is 38.7 Å². The van der Waals surface area contributed by atoms with Crippen LogP contribution in [0.3, 0.4) is 0 Å². The predicted molar refractivity (Wildman–Crippen MR) is 457 cm³/mol. The zero-order valence-corrected chi connectivity index (χ0v) is 60.3. The minimum atomic E-state index is 0.616. The van der Waals surface area contributed by atoms with E-state index in [9.17, 15) is 0 Å². The normalized spacial score (nSPS) is 11.6. The lowest BCUT2D eigenvalue weighted by Crippen LogP contribution is -2.01. The second-order valence-corrected chi connectivity index (χ2v) is 28.1. The largest absolute Gasteiger partial charge is 0.456 e. The Hall–Kier alpha value is -15.3. The summed E-state index contributed by atoms with van der Waals surface area (Å²) < 4.78 is 17.2. The molecular formula is C102H64N8O2. The van der Waals surface area contributed by atoms with E-state index in [1.54, 1.807) is 0 Å². The topological polar surface area (TPSA) is 113 Å². The van der Waals surface area contributed by atoms with E-state index < -0.39 is 0 Å². The van der Waals surface area contributed by atoms with Crippen LogP contribution < -0.4 is 0 Å². The van der Waals surface area contributed by atoms with Crippen molar-refractivity contribution < 1.29 is 8.83 Å². The van der Waals surface area contributed by atoms with E-state index in [2.05, 4.69) is 300 Å². The summed E-state index contributed by atoms with van der Waals surface area (Å²) in [5.74, 6) is 3.75. The lowest BCUT2D eigenvalue weighted by Gasteiger charge is -2.12. The summed E-state index contributed by atoms with van der Waals surface area (Å²) in [6.45, 7) is 0. The minimum Gasteiger partial charge on any atom is -0.456 e. The first-order chi connectivity index (χ1) is 55.5. The van der Waals surface area contributed by atoms with Gasteiger partial charge in [0.1, 0.15) is 22.3 Å². The number of hydrogen-bond donors (Lipinski definition) is 0. The Bertz CT molecular complexity index is 7370. The average molecular weight is 1430 g/mol. The van der Waals surface area contributed by atoms with E-state index in [0.717, 1.165) is 150 Å². The van der Waals surface area contributed by atoms with Crippen LogP contribution in [0.5, 0.6) is 0 Å². The Kier molecular flexibility index (Phi) is 16.0. The Morgan fingerprint density at radius 3 is 0.866 bits per heavy atom. The molecule has 22 rings (SSSR count). The molecule has 6 aromatic heterocycles. The van der Waals surface area contributed by atoms with Crippen molar-refractivity contribution in [1.82, 2.24) is 39.0 Å². The first-order valence-corrected chi connectivity index (χ1v) is 37.5. The van der Waals surface area contributed by atoms with Gasteiger partial charge in [-0.3, -0.25) is 0 Å². The predicted octanol–water partition coefficient (Wildman–Crippen LogP) is 26.4. The quantitative estimate of drug-likeness (QED) is 0.119. The maximum atomic E-state index is 6.25. The van der Waals surface area contributed by atoms with Gasteiger partial charge >= 0.3 is 0 Å². The van der Waals surface area contributed by atoms with Gasteiger partial charge < -0.3 is 18.0 Å². The SMILES string of the molecule is c1ccc(-c2ccc(-c3nc(-c4ccccc4)nc(-c4cccc(-n5c6ccccc6c6cc(-c7ccc8c(c7)oc7ccccc78)ccc65)c4)n3)cc2)cc1.c1ccc(-c2cccc(-c3nc(-c4ccccc4)nc(-c4cccc(-n5c6ccccc6c6cc(-c7ccc8c(c7)oc7ccccc78)ccc65)c4)n3)c2)cc1. The number of hydrogen-bond acceptors (Lipinski definition) is 8. The molecule has 0 aliphatic heterocycles. The van der Waals surface area contributed by atoms with Crippen molar-refractivity contribution in [3.8, 4) is 124 Å². The number of furan rings is 2. The van der Waals surface area contributed by atoms with Crippen LogP contribution in [0.15, 0.2) is 397 Å². The van der Waals surface area contributed by atoms with Gasteiger partial charge in [-0.25, -0.2) is 29.9 Å². The van der Waals surface area contributed by atoms with Crippen molar-refractivity contribution in [3.63, 3.8) is 0 Å². The molecule has 16 aromatic carbocycles. The molecule has 22 aromatic rings. The molecule has 0 amide bonds. The van der Waals surface area contributed by atoms with Crippen LogP contribution in [0.4, 0.5) is 0 Å². The third-order valence-electron chi connectivity index (χ3n) is 21.3. The highest BCUT2D eigenvalue weighted by Crippen LogP contribution is 2.42. The first kappa shape index (κ1) is 65.1. The molecule has 0 unspecified atom stereocenters. The van der Waals surface area contributed by atoms with Gasteiger partial charge in [0.15, 0.2) is 34.9 Å². The molecule has 0 saturated heterocycles. The summed E-state index contributed by atoms with van der Waals surface area (Å²) in [5, 5.41) is 9.27. The molecule has 112 heavy (non-hydrogen) atoms. The lowest BCUT2D eigenvalue weighted by molar-refractivity contribution is 0.668. The summed E-state index contributed by atoms with van der Waals surface area (Å²) in [5.41, 5.74) is 24.8. The number of fused-ring (bicyclic) bond motifs is 12. The van der Waals surface area contributed by atoms with Crippen LogP contribution in [-0.2, 0) is 0 Å². The molecule has 0 aliphatic rings. The van der Waals surface area contributed by atoms with Crippen LogP contribution in [0.2, 0.25) is 0 Å². The second-order valence-electron chi connectivity index (χ2n) is 28.1. The number of nitrogens with zero attached hydrogens (tertiary/aromatic N) is 8. The van der Waals surface area contributed by atoms with Crippen molar-refractivity contribution in [1.29, 1.82) is 0 Å². The molecule has 0 saturated carbocycles. The number of aromatic nitrogens is 8. The number of para-hydroxylation sites is 4. The lowest BCUT2D eigenvalue weighted by atomic mass is 10.0. The molecule has 0 aliphatic carbocycles. The molecule has 6 heterocycles. The minimum absolute atomic E-state index is 0.616. The molecule has 0 radical (unpaired) electrons. The molecule has 524 valence electrons. The molecule has 0 fully saturated rings. The van der Waals surface area contributed by atoms with Crippen molar-refractivity contribution in [3.05, 3.63) is 388 Å². The molecule has 0 atom stereocenters. The Morgan fingerprint density at radius 1 is 0.152 bits per heavy atom. The maximum Gasteiger partial charge on any atom is 0.164 e. The van der Waals surface area contributed by atoms with Crippen LogP contribution in [0.25, 0.3) is 212 Å². The third kappa shape index (κ3) is 11.9. The van der Waals surface area contributed by atoms with Crippen molar-refractivity contribution in [2.24, 2.45) is 0 Å². The van der Waals surface area contributed by atoms with Gasteiger partial charge in [0.05, 0.1) is 22.1 Å². The van der Waals surface area contributed by atoms with Gasteiger partial charge in [0.25, 0.3) is 0 Å². The monoisotopic (exact) mass is 1430 g/mol. The third-order valence-corrected chi connectivity index (χ3v) is 21.3. The van der Waals surface area contributed by atoms with Crippen molar-refractivity contribution in [2.75, 3.05) is 0 Å². The first-order valence-electron chi connectivity index (χ1n) is 37.5. The highest BCUT2D eigenvalue weighted by Gasteiger charge is 2.21. The summed E-state index contributed by atoms with van der Waals surface area (Å²) in [6, 6.07) is 135. The zero-order chi connectivity index (χ0) is 74.0. The van der Waals surface area contributed by atoms with Gasteiger partial charge in [-0.05, 0) is 148 Å². The van der Waals surface area contributed by atoms with E-state index in [1.165, 1.54) is 27.1 Å². The van der Waals surface area contributed by atoms with Gasteiger partial charge in [-0.1, -0.05) is 285 Å². The van der Waals surface area contributed by atoms with Gasteiger partial charge in [-0.15, -0.1) is 0 Å². The highest BCUT2D eigenvalue weighted by molar-refractivity contribution is 6.13. The standard InChI is InChI=1S/2C51H32N4O/c1-3-13-33(14-4-1)35-17-11-18-38(29-35)50-52-49(34-15-5-2-6-16-34)53-51(54-50)39-19-12-20-40(30-39)55-45-23-9-7-21-41(45)44-31-36(26-28-46(44)55)37-25-27-43-42-22-8-10-24-47(42)56-48(43)32-37;1-3-12-33(13-4-1)34-22-24-36(25-23-34)50-52-49(35-14-5-2-6-15-35)53-51(54-50)39-16-11-17-40(30-39)55-45-20-9-7-18-41(45)44-31-37(27-29-46(44)55)38-26-28-43-42-19-8-10-21-47(42)56-48(43)32-38/h2*1-32H. The van der Waals surface area contributed by atoms with Crippen LogP contribution in [-0.4, -0.2) is 39.0 Å².